The fourth-order valence-corrected chi connectivity index (χ4v) is 2.98. The van der Waals surface area contributed by atoms with Crippen molar-refractivity contribution in [3.63, 3.8) is 0 Å². The monoisotopic (exact) mass is 365 g/mol. The molecule has 0 amide bonds. The van der Waals surface area contributed by atoms with Crippen LogP contribution in [0.1, 0.15) is 52.4 Å². The molecule has 0 bridgehead atoms. The van der Waals surface area contributed by atoms with E-state index in [1.165, 1.54) is 38.5 Å². The maximum absolute atomic E-state index is 5.89. The van der Waals surface area contributed by atoms with Gasteiger partial charge in [-0.05, 0) is 24.2 Å². The summed E-state index contributed by atoms with van der Waals surface area (Å²) in [6, 6.07) is 0.619. The number of rotatable bonds is 4. The summed E-state index contributed by atoms with van der Waals surface area (Å²) in [6.45, 7) is 5.16. The molecule has 2 aliphatic rings. The van der Waals surface area contributed by atoms with Gasteiger partial charge in [0.05, 0.1) is 0 Å². The molecule has 0 aromatic heterocycles. The van der Waals surface area contributed by atoms with Crippen LogP contribution in [0.15, 0.2) is 4.99 Å². The highest BCUT2D eigenvalue weighted by Gasteiger charge is 2.43. The number of nitrogens with zero attached hydrogens (tertiary/aromatic N) is 1. The fraction of sp³-hybridized carbons (Fsp3) is 0.929. The van der Waals surface area contributed by atoms with Gasteiger partial charge < -0.3 is 11.1 Å². The zero-order valence-electron chi connectivity index (χ0n) is 11.7. The summed E-state index contributed by atoms with van der Waals surface area (Å²) >= 11 is 0. The van der Waals surface area contributed by atoms with Crippen LogP contribution in [0.4, 0.5) is 0 Å². The second-order valence-electron chi connectivity index (χ2n) is 6.17. The van der Waals surface area contributed by atoms with Gasteiger partial charge in [-0.1, -0.05) is 46.0 Å². The molecule has 2 aliphatic carbocycles. The van der Waals surface area contributed by atoms with Crippen molar-refractivity contribution < 1.29 is 0 Å². The van der Waals surface area contributed by atoms with Gasteiger partial charge in [-0.25, -0.2) is 0 Å². The highest BCUT2D eigenvalue weighted by atomic mass is 127. The highest BCUT2D eigenvalue weighted by molar-refractivity contribution is 14.0. The number of hydrogen-bond donors (Lipinski definition) is 2. The van der Waals surface area contributed by atoms with Gasteiger partial charge in [-0.2, -0.15) is 0 Å². The lowest BCUT2D eigenvalue weighted by molar-refractivity contribution is 0.316. The normalized spacial score (nSPS) is 28.9. The molecule has 0 radical (unpaired) electrons. The molecule has 0 heterocycles. The molecule has 2 rings (SSSR count). The van der Waals surface area contributed by atoms with Crippen LogP contribution in [0, 0.1) is 17.8 Å². The summed E-state index contributed by atoms with van der Waals surface area (Å²) < 4.78 is 0. The van der Waals surface area contributed by atoms with Crippen molar-refractivity contribution in [1.82, 2.24) is 5.32 Å². The summed E-state index contributed by atoms with van der Waals surface area (Å²) in [7, 11) is 0. The Morgan fingerprint density at radius 3 is 2.56 bits per heavy atom. The van der Waals surface area contributed by atoms with Crippen molar-refractivity contribution in [1.29, 1.82) is 0 Å². The SMILES string of the molecule is CC(C)CN=C(N)NC1CC1C1CCCCC1.I. The Morgan fingerprint density at radius 1 is 1.28 bits per heavy atom. The molecule has 106 valence electrons. The third-order valence-corrected chi connectivity index (χ3v) is 4.06. The third kappa shape index (κ3) is 4.94. The van der Waals surface area contributed by atoms with E-state index in [1.807, 2.05) is 0 Å². The molecule has 2 saturated carbocycles. The molecule has 0 aliphatic heterocycles. The highest BCUT2D eigenvalue weighted by Crippen LogP contribution is 2.44. The fourth-order valence-electron chi connectivity index (χ4n) is 2.98. The van der Waals surface area contributed by atoms with Crippen LogP contribution in [0.3, 0.4) is 0 Å². The van der Waals surface area contributed by atoms with Gasteiger partial charge in [0, 0.05) is 12.6 Å². The number of nitrogens with one attached hydrogen (secondary N) is 1. The maximum atomic E-state index is 5.89. The van der Waals surface area contributed by atoms with Crippen LogP contribution < -0.4 is 11.1 Å². The van der Waals surface area contributed by atoms with Gasteiger partial charge in [0.2, 0.25) is 0 Å². The molecular formula is C14H28IN3. The lowest BCUT2D eigenvalue weighted by atomic mass is 9.85. The topological polar surface area (TPSA) is 50.4 Å². The number of aliphatic imine (C=N–C) groups is 1. The standard InChI is InChI=1S/C14H27N3.HI/c1-10(2)9-16-14(15)17-13-8-12(13)11-6-4-3-5-7-11;/h10-13H,3-9H2,1-2H3,(H3,15,16,17);1H. The van der Waals surface area contributed by atoms with Gasteiger partial charge in [0.25, 0.3) is 0 Å². The van der Waals surface area contributed by atoms with Gasteiger partial charge >= 0.3 is 0 Å². The minimum Gasteiger partial charge on any atom is -0.370 e. The minimum absolute atomic E-state index is 0. The van der Waals surface area contributed by atoms with E-state index in [0.717, 1.165) is 18.4 Å². The Kier molecular flexibility index (Phi) is 6.74. The maximum Gasteiger partial charge on any atom is 0.188 e. The van der Waals surface area contributed by atoms with Crippen LogP contribution in [0.2, 0.25) is 0 Å². The average molecular weight is 365 g/mol. The van der Waals surface area contributed by atoms with Gasteiger partial charge in [-0.3, -0.25) is 4.99 Å². The molecule has 2 fully saturated rings. The summed E-state index contributed by atoms with van der Waals surface area (Å²) in [5, 5.41) is 3.38. The molecule has 0 saturated heterocycles. The van der Waals surface area contributed by atoms with Crippen molar-refractivity contribution in [2.75, 3.05) is 6.54 Å². The van der Waals surface area contributed by atoms with E-state index in [4.69, 9.17) is 5.73 Å². The number of nitrogens with two attached hydrogens (primary N) is 1. The van der Waals surface area contributed by atoms with Crippen molar-refractivity contribution in [2.24, 2.45) is 28.5 Å². The first-order valence-electron chi connectivity index (χ1n) is 7.23. The molecule has 3 N–H and O–H groups in total. The Morgan fingerprint density at radius 2 is 1.94 bits per heavy atom. The zero-order valence-corrected chi connectivity index (χ0v) is 14.0. The van der Waals surface area contributed by atoms with E-state index >= 15 is 0 Å². The first-order valence-corrected chi connectivity index (χ1v) is 7.23. The molecule has 0 spiro atoms. The Labute approximate surface area is 128 Å². The molecule has 18 heavy (non-hydrogen) atoms. The summed E-state index contributed by atoms with van der Waals surface area (Å²) in [5.74, 6) is 3.08. The van der Waals surface area contributed by atoms with E-state index in [1.54, 1.807) is 0 Å². The van der Waals surface area contributed by atoms with E-state index in [0.29, 0.717) is 17.9 Å². The number of hydrogen-bond acceptors (Lipinski definition) is 1. The minimum atomic E-state index is 0. The third-order valence-electron chi connectivity index (χ3n) is 4.06. The van der Waals surface area contributed by atoms with Gasteiger partial charge in [0.1, 0.15) is 0 Å². The zero-order chi connectivity index (χ0) is 12.3. The van der Waals surface area contributed by atoms with Crippen LogP contribution in [-0.2, 0) is 0 Å². The number of halogens is 1. The van der Waals surface area contributed by atoms with E-state index in [2.05, 4.69) is 24.2 Å². The Hall–Kier alpha value is 0. The summed E-state index contributed by atoms with van der Waals surface area (Å²) in [5.41, 5.74) is 5.89. The second kappa shape index (κ2) is 7.56. The summed E-state index contributed by atoms with van der Waals surface area (Å²) in [4.78, 5) is 4.37. The molecule has 2 atom stereocenters. The lowest BCUT2D eigenvalue weighted by Gasteiger charge is -2.21. The van der Waals surface area contributed by atoms with Crippen molar-refractivity contribution in [2.45, 2.75) is 58.4 Å². The average Bonchev–Trinajstić information content (AvgIpc) is 3.07. The van der Waals surface area contributed by atoms with Crippen LogP contribution in [0.25, 0.3) is 0 Å². The quantitative estimate of drug-likeness (QED) is 0.457. The van der Waals surface area contributed by atoms with Crippen molar-refractivity contribution in [3.8, 4) is 0 Å². The van der Waals surface area contributed by atoms with Crippen molar-refractivity contribution in [3.05, 3.63) is 0 Å². The molecule has 4 heteroatoms. The number of guanidine groups is 1. The molecule has 0 aromatic rings. The van der Waals surface area contributed by atoms with E-state index in [-0.39, 0.29) is 24.0 Å². The molecule has 3 nitrogen and oxygen atoms in total. The van der Waals surface area contributed by atoms with E-state index in [9.17, 15) is 0 Å². The molecule has 2 unspecified atom stereocenters. The van der Waals surface area contributed by atoms with Gasteiger partial charge in [0.15, 0.2) is 5.96 Å². The largest absolute Gasteiger partial charge is 0.370 e. The van der Waals surface area contributed by atoms with Crippen LogP contribution in [0.5, 0.6) is 0 Å². The Bertz CT molecular complexity index is 272. The van der Waals surface area contributed by atoms with E-state index < -0.39 is 0 Å². The predicted octanol–water partition coefficient (Wildman–Crippen LogP) is 3.13. The first-order chi connectivity index (χ1) is 8.16. The predicted molar refractivity (Wildman–Crippen MR) is 88.3 cm³/mol. The smallest absolute Gasteiger partial charge is 0.188 e. The van der Waals surface area contributed by atoms with Crippen molar-refractivity contribution >= 4 is 29.9 Å². The summed E-state index contributed by atoms with van der Waals surface area (Å²) in [6.07, 6.45) is 8.50. The second-order valence-corrected chi connectivity index (χ2v) is 6.17. The lowest BCUT2D eigenvalue weighted by Crippen LogP contribution is -2.35. The van der Waals surface area contributed by atoms with Crippen LogP contribution >= 0.6 is 24.0 Å². The molecular weight excluding hydrogens is 337 g/mol. The first kappa shape index (κ1) is 16.1. The van der Waals surface area contributed by atoms with Gasteiger partial charge in [-0.15, -0.1) is 24.0 Å². The Balaban J connectivity index is 0.00000162. The van der Waals surface area contributed by atoms with Crippen LogP contribution in [-0.4, -0.2) is 18.5 Å². The molecule has 0 aromatic carbocycles.